The van der Waals surface area contributed by atoms with E-state index in [-0.39, 0.29) is 10.6 Å². The van der Waals surface area contributed by atoms with Crippen LogP contribution in [0, 0.1) is 5.41 Å². The number of rotatable bonds is 2. The second-order valence-electron chi connectivity index (χ2n) is 2.17. The number of allylic oxidation sites excluding steroid dienone is 2. The first kappa shape index (κ1) is 9.53. The normalized spacial score (nSPS) is 19.8. The maximum Gasteiger partial charge on any atom is 0.290 e. The zero-order chi connectivity index (χ0) is 9.84. The minimum atomic E-state index is -0.467. The second kappa shape index (κ2) is 3.90. The zero-order valence-electron chi connectivity index (χ0n) is 6.53. The van der Waals surface area contributed by atoms with Gasteiger partial charge in [-0.15, -0.1) is 0 Å². The number of amides is 2. The lowest BCUT2D eigenvalue weighted by Crippen LogP contribution is -2.18. The number of nitrogens with two attached hydrogens (primary N) is 1. The zero-order valence-corrected chi connectivity index (χ0v) is 7.35. The maximum absolute atomic E-state index is 11.0. The fourth-order valence-corrected chi connectivity index (χ4v) is 1.39. The molecule has 0 spiro atoms. The Hall–Kier alpha value is -1.56. The molecule has 0 saturated carbocycles. The monoisotopic (exact) mass is 197 g/mol. The van der Waals surface area contributed by atoms with Crippen molar-refractivity contribution in [3.05, 3.63) is 23.3 Å². The third kappa shape index (κ3) is 2.45. The summed E-state index contributed by atoms with van der Waals surface area (Å²) in [5.41, 5.74) is 5.12. The minimum absolute atomic E-state index is 0.0786. The highest BCUT2D eigenvalue weighted by Crippen LogP contribution is 2.22. The van der Waals surface area contributed by atoms with E-state index in [1.807, 2.05) is 0 Å². The summed E-state index contributed by atoms with van der Waals surface area (Å²) in [5.74, 6) is -0.467. The van der Waals surface area contributed by atoms with Crippen LogP contribution in [0.3, 0.4) is 0 Å². The summed E-state index contributed by atoms with van der Waals surface area (Å²) in [5, 5.41) is 8.92. The van der Waals surface area contributed by atoms with Crippen molar-refractivity contribution < 1.29 is 9.59 Å². The standard InChI is InChI=1S/C7H7N3O2S/c8-2-1-4(9)3-5-6(11)10-7(12)13-5/h1-3,9H,8H2,(H,10,11,12)/b2-1?,5-3-,9-4?. The molecule has 1 rings (SSSR count). The lowest BCUT2D eigenvalue weighted by Gasteiger charge is -1.89. The van der Waals surface area contributed by atoms with E-state index < -0.39 is 11.1 Å². The molecule has 1 aliphatic rings. The van der Waals surface area contributed by atoms with Gasteiger partial charge < -0.3 is 11.1 Å². The third-order valence-electron chi connectivity index (χ3n) is 1.20. The van der Waals surface area contributed by atoms with E-state index in [1.165, 1.54) is 18.4 Å². The molecule has 0 atom stereocenters. The Morgan fingerprint density at radius 3 is 2.69 bits per heavy atom. The van der Waals surface area contributed by atoms with Crippen molar-refractivity contribution in [1.82, 2.24) is 5.32 Å². The van der Waals surface area contributed by atoms with E-state index in [0.717, 1.165) is 11.8 Å². The Bertz CT molecular complexity index is 333. The molecule has 68 valence electrons. The molecule has 0 aromatic heterocycles. The average molecular weight is 197 g/mol. The van der Waals surface area contributed by atoms with Gasteiger partial charge >= 0.3 is 0 Å². The van der Waals surface area contributed by atoms with Crippen LogP contribution in [-0.2, 0) is 4.79 Å². The highest BCUT2D eigenvalue weighted by molar-refractivity contribution is 8.18. The molecule has 0 aromatic carbocycles. The fourth-order valence-electron chi connectivity index (χ4n) is 0.714. The Labute approximate surface area is 78.6 Å². The third-order valence-corrected chi connectivity index (χ3v) is 2.02. The highest BCUT2D eigenvalue weighted by atomic mass is 32.2. The molecule has 5 nitrogen and oxygen atoms in total. The van der Waals surface area contributed by atoms with Crippen molar-refractivity contribution in [1.29, 1.82) is 5.41 Å². The number of hydrogen-bond acceptors (Lipinski definition) is 5. The smallest absolute Gasteiger partial charge is 0.290 e. The van der Waals surface area contributed by atoms with Crippen LogP contribution in [0.5, 0.6) is 0 Å². The largest absolute Gasteiger partial charge is 0.405 e. The number of carbonyl (C=O) groups excluding carboxylic acids is 2. The van der Waals surface area contributed by atoms with Gasteiger partial charge in [-0.25, -0.2) is 0 Å². The van der Waals surface area contributed by atoms with E-state index in [2.05, 4.69) is 5.32 Å². The predicted molar refractivity (Wildman–Crippen MR) is 50.3 cm³/mol. The van der Waals surface area contributed by atoms with Crippen LogP contribution in [-0.4, -0.2) is 16.9 Å². The second-order valence-corrected chi connectivity index (χ2v) is 3.18. The quantitative estimate of drug-likeness (QED) is 0.439. The summed E-state index contributed by atoms with van der Waals surface area (Å²) in [6.45, 7) is 0. The first-order chi connectivity index (χ1) is 6.13. The van der Waals surface area contributed by atoms with Crippen LogP contribution in [0.25, 0.3) is 0 Å². The van der Waals surface area contributed by atoms with Crippen LogP contribution in [0.4, 0.5) is 4.79 Å². The summed E-state index contributed by atoms with van der Waals surface area (Å²) in [7, 11) is 0. The summed E-state index contributed by atoms with van der Waals surface area (Å²) < 4.78 is 0. The van der Waals surface area contributed by atoms with Crippen molar-refractivity contribution in [2.24, 2.45) is 5.73 Å². The van der Waals surface area contributed by atoms with Gasteiger partial charge in [0.05, 0.1) is 10.6 Å². The van der Waals surface area contributed by atoms with Crippen LogP contribution < -0.4 is 11.1 Å². The van der Waals surface area contributed by atoms with Crippen molar-refractivity contribution in [2.45, 2.75) is 0 Å². The van der Waals surface area contributed by atoms with Crippen molar-refractivity contribution in [2.75, 3.05) is 0 Å². The van der Waals surface area contributed by atoms with E-state index in [0.29, 0.717) is 0 Å². The lowest BCUT2D eigenvalue weighted by atomic mass is 10.3. The van der Waals surface area contributed by atoms with Gasteiger partial charge in [0, 0.05) is 0 Å². The minimum Gasteiger partial charge on any atom is -0.405 e. The van der Waals surface area contributed by atoms with Crippen LogP contribution in [0.15, 0.2) is 23.3 Å². The molecule has 0 aliphatic carbocycles. The van der Waals surface area contributed by atoms with Crippen molar-refractivity contribution in [3.8, 4) is 0 Å². The molecule has 0 radical (unpaired) electrons. The van der Waals surface area contributed by atoms with Gasteiger partial charge in [0.1, 0.15) is 0 Å². The topological polar surface area (TPSA) is 96.0 Å². The summed E-state index contributed by atoms with van der Waals surface area (Å²) in [4.78, 5) is 21.8. The van der Waals surface area contributed by atoms with E-state index >= 15 is 0 Å². The molecule has 1 aliphatic heterocycles. The molecular weight excluding hydrogens is 190 g/mol. The lowest BCUT2D eigenvalue weighted by molar-refractivity contribution is -0.115. The van der Waals surface area contributed by atoms with E-state index in [9.17, 15) is 9.59 Å². The van der Waals surface area contributed by atoms with Gasteiger partial charge in [-0.2, -0.15) is 0 Å². The van der Waals surface area contributed by atoms with Crippen LogP contribution in [0.2, 0.25) is 0 Å². The molecule has 0 bridgehead atoms. The molecule has 4 N–H and O–H groups in total. The van der Waals surface area contributed by atoms with Crippen molar-refractivity contribution in [3.63, 3.8) is 0 Å². The molecular formula is C7H7N3O2S. The Balaban J connectivity index is 2.77. The molecule has 1 heterocycles. The number of imide groups is 1. The van der Waals surface area contributed by atoms with Gasteiger partial charge in [-0.3, -0.25) is 14.9 Å². The Morgan fingerprint density at radius 1 is 1.54 bits per heavy atom. The van der Waals surface area contributed by atoms with Crippen LogP contribution >= 0.6 is 11.8 Å². The molecule has 6 heteroatoms. The van der Waals surface area contributed by atoms with Gasteiger partial charge in [0.25, 0.3) is 11.1 Å². The molecule has 1 fully saturated rings. The van der Waals surface area contributed by atoms with Gasteiger partial charge in [-0.1, -0.05) is 0 Å². The highest BCUT2D eigenvalue weighted by Gasteiger charge is 2.24. The SMILES string of the molecule is N=C(C=CN)/C=C1\SC(=O)NC1=O. The van der Waals surface area contributed by atoms with Gasteiger partial charge in [-0.05, 0) is 30.1 Å². The first-order valence-electron chi connectivity index (χ1n) is 3.35. The summed E-state index contributed by atoms with van der Waals surface area (Å²) in [6, 6.07) is 0. The first-order valence-corrected chi connectivity index (χ1v) is 4.17. The van der Waals surface area contributed by atoms with Crippen LogP contribution in [0.1, 0.15) is 0 Å². The number of nitrogens with one attached hydrogen (secondary N) is 2. The number of thioether (sulfide) groups is 1. The predicted octanol–water partition coefficient (Wildman–Crippen LogP) is 0.345. The van der Waals surface area contributed by atoms with Gasteiger partial charge in [0.2, 0.25) is 0 Å². The molecule has 1 saturated heterocycles. The fraction of sp³-hybridized carbons (Fsp3) is 0. The van der Waals surface area contributed by atoms with E-state index in [4.69, 9.17) is 11.1 Å². The number of carbonyl (C=O) groups is 2. The summed E-state index contributed by atoms with van der Waals surface area (Å²) in [6.07, 6.45) is 3.80. The Kier molecular flexibility index (Phi) is 2.86. The molecule has 2 amide bonds. The maximum atomic E-state index is 11.0. The average Bonchev–Trinajstić information content (AvgIpc) is 2.30. The van der Waals surface area contributed by atoms with E-state index in [1.54, 1.807) is 0 Å². The molecule has 0 aromatic rings. The van der Waals surface area contributed by atoms with Gasteiger partial charge in [0.15, 0.2) is 0 Å². The van der Waals surface area contributed by atoms with Crippen molar-refractivity contribution >= 4 is 28.6 Å². The molecule has 0 unspecified atom stereocenters. The molecule has 13 heavy (non-hydrogen) atoms. The number of hydrogen-bond donors (Lipinski definition) is 3. The summed E-state index contributed by atoms with van der Waals surface area (Å²) >= 11 is 0.774. The Morgan fingerprint density at radius 2 is 2.23 bits per heavy atom.